The quantitative estimate of drug-likeness (QED) is 0.834. The lowest BCUT2D eigenvalue weighted by atomic mass is 10.1. The Morgan fingerprint density at radius 3 is 2.80 bits per heavy atom. The number of nitrogens with one attached hydrogen (secondary N) is 1. The van der Waals surface area contributed by atoms with E-state index in [-0.39, 0.29) is 12.6 Å². The molecule has 2 N–H and O–H groups in total. The summed E-state index contributed by atoms with van der Waals surface area (Å²) in [4.78, 5) is 11.1. The summed E-state index contributed by atoms with van der Waals surface area (Å²) in [5, 5.41) is 12.7. The molecule has 5 heteroatoms. The number of hydrogen-bond donors (Lipinski definition) is 2. The van der Waals surface area contributed by atoms with Crippen LogP contribution in [0.25, 0.3) is 0 Å². The van der Waals surface area contributed by atoms with Crippen LogP contribution in [0.4, 0.5) is 5.95 Å². The summed E-state index contributed by atoms with van der Waals surface area (Å²) in [5.41, 5.74) is 1.12. The van der Waals surface area contributed by atoms with Crippen molar-refractivity contribution in [3.05, 3.63) is 18.0 Å². The summed E-state index contributed by atoms with van der Waals surface area (Å²) in [6, 6.07) is 0.287. The predicted molar refractivity (Wildman–Crippen MR) is 80.6 cm³/mol. The molecule has 1 aromatic heterocycles. The highest BCUT2D eigenvalue weighted by atomic mass is 16.3. The van der Waals surface area contributed by atoms with E-state index >= 15 is 0 Å². The summed E-state index contributed by atoms with van der Waals surface area (Å²) in [5.74, 6) is 0.699. The van der Waals surface area contributed by atoms with Crippen molar-refractivity contribution in [1.82, 2.24) is 14.9 Å². The third-order valence-corrected chi connectivity index (χ3v) is 3.83. The van der Waals surface area contributed by atoms with Gasteiger partial charge in [0.1, 0.15) is 0 Å². The first kappa shape index (κ1) is 15.2. The van der Waals surface area contributed by atoms with Crippen LogP contribution in [0, 0.1) is 0 Å². The second-order valence-electron chi connectivity index (χ2n) is 5.50. The molecular formula is C15H26N4O. The Kier molecular flexibility index (Phi) is 6.21. The Balaban J connectivity index is 1.93. The molecule has 1 saturated heterocycles. The largest absolute Gasteiger partial charge is 0.395 e. The fourth-order valence-electron chi connectivity index (χ4n) is 2.65. The topological polar surface area (TPSA) is 61.3 Å². The molecule has 1 aliphatic rings. The number of likely N-dealkylation sites (tertiary alicyclic amines) is 1. The smallest absolute Gasteiger partial charge is 0.222 e. The Morgan fingerprint density at radius 1 is 1.30 bits per heavy atom. The molecule has 1 aromatic rings. The maximum atomic E-state index is 9.52. The van der Waals surface area contributed by atoms with Crippen LogP contribution in [0.3, 0.4) is 0 Å². The molecule has 0 aliphatic carbocycles. The molecule has 5 nitrogen and oxygen atoms in total. The monoisotopic (exact) mass is 278 g/mol. The maximum absolute atomic E-state index is 9.52. The van der Waals surface area contributed by atoms with Gasteiger partial charge in [-0.25, -0.2) is 9.97 Å². The molecule has 1 atom stereocenters. The minimum absolute atomic E-state index is 0.247. The Bertz CT molecular complexity index is 382. The van der Waals surface area contributed by atoms with Crippen molar-refractivity contribution >= 4 is 5.95 Å². The zero-order valence-electron chi connectivity index (χ0n) is 12.4. The number of rotatable bonds is 6. The molecule has 0 radical (unpaired) electrons. The van der Waals surface area contributed by atoms with Gasteiger partial charge in [-0.1, -0.05) is 19.8 Å². The molecule has 2 heterocycles. The number of nitrogens with zero attached hydrogens (tertiary/aromatic N) is 3. The van der Waals surface area contributed by atoms with Gasteiger partial charge >= 0.3 is 0 Å². The first-order chi connectivity index (χ1) is 9.83. The van der Waals surface area contributed by atoms with Crippen molar-refractivity contribution in [2.24, 2.45) is 0 Å². The third-order valence-electron chi connectivity index (χ3n) is 3.83. The van der Waals surface area contributed by atoms with E-state index in [9.17, 15) is 5.11 Å². The summed E-state index contributed by atoms with van der Waals surface area (Å²) in [6.45, 7) is 5.16. The summed E-state index contributed by atoms with van der Waals surface area (Å²) in [7, 11) is 0. The van der Waals surface area contributed by atoms with E-state index in [1.54, 1.807) is 0 Å². The van der Waals surface area contributed by atoms with Gasteiger partial charge in [-0.15, -0.1) is 0 Å². The summed E-state index contributed by atoms with van der Waals surface area (Å²) < 4.78 is 0. The first-order valence-corrected chi connectivity index (χ1v) is 7.73. The highest BCUT2D eigenvalue weighted by molar-refractivity contribution is 5.24. The average molecular weight is 278 g/mol. The molecule has 0 spiro atoms. The van der Waals surface area contributed by atoms with Crippen molar-refractivity contribution in [2.45, 2.75) is 51.6 Å². The van der Waals surface area contributed by atoms with E-state index in [2.05, 4.69) is 27.1 Å². The van der Waals surface area contributed by atoms with Gasteiger partial charge < -0.3 is 10.4 Å². The van der Waals surface area contributed by atoms with E-state index in [4.69, 9.17) is 0 Å². The average Bonchev–Trinajstić information content (AvgIpc) is 2.71. The van der Waals surface area contributed by atoms with E-state index in [0.29, 0.717) is 5.95 Å². The van der Waals surface area contributed by atoms with Crippen LogP contribution in [-0.2, 0) is 6.54 Å². The lowest BCUT2D eigenvalue weighted by Gasteiger charge is -2.28. The SMILES string of the molecule is CCCNc1ncc(CN2CCCCC[C@@H]2CO)cn1. The molecule has 0 aromatic carbocycles. The van der Waals surface area contributed by atoms with Crippen molar-refractivity contribution in [1.29, 1.82) is 0 Å². The molecule has 112 valence electrons. The number of aromatic nitrogens is 2. The summed E-state index contributed by atoms with van der Waals surface area (Å²) in [6.07, 6.45) is 9.65. The van der Waals surface area contributed by atoms with Gasteiger partial charge in [0, 0.05) is 37.1 Å². The van der Waals surface area contributed by atoms with Crippen molar-refractivity contribution in [2.75, 3.05) is 25.0 Å². The molecule has 0 saturated carbocycles. The molecule has 0 unspecified atom stereocenters. The molecule has 0 amide bonds. The minimum atomic E-state index is 0.247. The highest BCUT2D eigenvalue weighted by Gasteiger charge is 2.20. The van der Waals surface area contributed by atoms with Gasteiger partial charge in [0.25, 0.3) is 0 Å². The van der Waals surface area contributed by atoms with Crippen LogP contribution in [0.1, 0.15) is 44.6 Å². The van der Waals surface area contributed by atoms with Crippen molar-refractivity contribution < 1.29 is 5.11 Å². The lowest BCUT2D eigenvalue weighted by molar-refractivity contribution is 0.118. The van der Waals surface area contributed by atoms with Gasteiger partial charge in [-0.05, 0) is 25.8 Å². The predicted octanol–water partition coefficient (Wildman–Crippen LogP) is 2.04. The highest BCUT2D eigenvalue weighted by Crippen LogP contribution is 2.18. The van der Waals surface area contributed by atoms with Gasteiger partial charge in [0.15, 0.2) is 0 Å². The minimum Gasteiger partial charge on any atom is -0.395 e. The lowest BCUT2D eigenvalue weighted by Crippen LogP contribution is -2.36. The normalized spacial score (nSPS) is 20.6. The van der Waals surface area contributed by atoms with Crippen LogP contribution < -0.4 is 5.32 Å². The number of hydrogen-bond acceptors (Lipinski definition) is 5. The van der Waals surface area contributed by atoms with Gasteiger partial charge in [0.2, 0.25) is 5.95 Å². The standard InChI is InChI=1S/C15H26N4O/c1-2-7-16-15-17-9-13(10-18-15)11-19-8-5-3-4-6-14(19)12-20/h9-10,14,20H,2-8,11-12H2,1H3,(H,16,17,18)/t14-/m1/s1. The van der Waals surface area contributed by atoms with Crippen LogP contribution in [0.5, 0.6) is 0 Å². The zero-order valence-corrected chi connectivity index (χ0v) is 12.4. The second kappa shape index (κ2) is 8.17. The molecule has 1 fully saturated rings. The van der Waals surface area contributed by atoms with Gasteiger partial charge in [0.05, 0.1) is 6.61 Å². The number of aliphatic hydroxyl groups excluding tert-OH is 1. The number of anilines is 1. The third kappa shape index (κ3) is 4.42. The Hall–Kier alpha value is -1.20. The Morgan fingerprint density at radius 2 is 2.10 bits per heavy atom. The molecule has 0 bridgehead atoms. The first-order valence-electron chi connectivity index (χ1n) is 7.73. The van der Waals surface area contributed by atoms with Crippen LogP contribution in [0.15, 0.2) is 12.4 Å². The van der Waals surface area contributed by atoms with Crippen LogP contribution in [-0.4, -0.2) is 45.7 Å². The second-order valence-corrected chi connectivity index (χ2v) is 5.50. The van der Waals surface area contributed by atoms with Gasteiger partial charge in [-0.3, -0.25) is 4.90 Å². The van der Waals surface area contributed by atoms with Crippen molar-refractivity contribution in [3.63, 3.8) is 0 Å². The van der Waals surface area contributed by atoms with E-state index < -0.39 is 0 Å². The summed E-state index contributed by atoms with van der Waals surface area (Å²) >= 11 is 0. The zero-order chi connectivity index (χ0) is 14.2. The van der Waals surface area contributed by atoms with E-state index in [0.717, 1.165) is 38.0 Å². The van der Waals surface area contributed by atoms with Crippen LogP contribution >= 0.6 is 0 Å². The Labute approximate surface area is 121 Å². The fourth-order valence-corrected chi connectivity index (χ4v) is 2.65. The fraction of sp³-hybridized carbons (Fsp3) is 0.733. The van der Waals surface area contributed by atoms with Crippen molar-refractivity contribution in [3.8, 4) is 0 Å². The molecule has 20 heavy (non-hydrogen) atoms. The molecular weight excluding hydrogens is 252 g/mol. The maximum Gasteiger partial charge on any atom is 0.222 e. The van der Waals surface area contributed by atoms with E-state index in [1.165, 1.54) is 19.3 Å². The van der Waals surface area contributed by atoms with Gasteiger partial charge in [-0.2, -0.15) is 0 Å². The molecule has 1 aliphatic heterocycles. The molecule has 2 rings (SSSR count). The number of aliphatic hydroxyl groups is 1. The van der Waals surface area contributed by atoms with E-state index in [1.807, 2.05) is 12.4 Å². The van der Waals surface area contributed by atoms with Crippen LogP contribution in [0.2, 0.25) is 0 Å².